The summed E-state index contributed by atoms with van der Waals surface area (Å²) in [5, 5.41) is 5.40. The monoisotopic (exact) mass is 491 g/mol. The molecule has 0 aliphatic heterocycles. The molecule has 0 aromatic heterocycles. The molecule has 0 saturated carbocycles. The zero-order chi connectivity index (χ0) is 26.9. The Labute approximate surface area is 208 Å². The van der Waals surface area contributed by atoms with Crippen molar-refractivity contribution in [3.05, 3.63) is 34.9 Å². The Morgan fingerprint density at radius 3 is 2.26 bits per heavy atom. The van der Waals surface area contributed by atoms with Crippen molar-refractivity contribution in [3.63, 3.8) is 0 Å². The van der Waals surface area contributed by atoms with Gasteiger partial charge in [-0.3, -0.25) is 14.4 Å². The van der Waals surface area contributed by atoms with Crippen LogP contribution in [0.1, 0.15) is 70.7 Å². The van der Waals surface area contributed by atoms with Crippen molar-refractivity contribution in [3.8, 4) is 0 Å². The second-order valence-electron chi connectivity index (χ2n) is 9.93. The predicted octanol–water partition coefficient (Wildman–Crippen LogP) is 3.42. The highest BCUT2D eigenvalue weighted by Gasteiger charge is 2.36. The first-order valence-electron chi connectivity index (χ1n) is 11.9. The van der Waals surface area contributed by atoms with Crippen LogP contribution in [0.4, 0.5) is 4.79 Å². The smallest absolute Gasteiger partial charge is 0.408 e. The van der Waals surface area contributed by atoms with Crippen LogP contribution in [-0.4, -0.2) is 60.6 Å². The number of esters is 1. The summed E-state index contributed by atoms with van der Waals surface area (Å²) < 4.78 is 10.2. The molecule has 35 heavy (non-hydrogen) atoms. The summed E-state index contributed by atoms with van der Waals surface area (Å²) in [5.74, 6) is -1.54. The molecule has 0 spiro atoms. The molecule has 0 saturated heterocycles. The summed E-state index contributed by atoms with van der Waals surface area (Å²) in [6, 6.07) is 3.81. The third-order valence-corrected chi connectivity index (χ3v) is 5.25. The summed E-state index contributed by atoms with van der Waals surface area (Å²) >= 11 is 0. The molecule has 0 radical (unpaired) electrons. The number of alkyl carbamates (subject to hydrolysis) is 1. The van der Waals surface area contributed by atoms with Gasteiger partial charge in [-0.15, -0.1) is 0 Å². The third-order valence-electron chi connectivity index (χ3n) is 5.25. The summed E-state index contributed by atoms with van der Waals surface area (Å²) in [6.45, 7) is 14.6. The lowest BCUT2D eigenvalue weighted by Gasteiger charge is -2.33. The van der Waals surface area contributed by atoms with Crippen molar-refractivity contribution in [1.82, 2.24) is 15.5 Å². The van der Waals surface area contributed by atoms with Crippen LogP contribution in [0.3, 0.4) is 0 Å². The van der Waals surface area contributed by atoms with Crippen molar-refractivity contribution in [2.45, 2.75) is 79.5 Å². The number of carbonyl (C=O) groups excluding carboxylic acids is 4. The van der Waals surface area contributed by atoms with Crippen molar-refractivity contribution < 1.29 is 28.7 Å². The van der Waals surface area contributed by atoms with Crippen molar-refractivity contribution in [1.29, 1.82) is 0 Å². The van der Waals surface area contributed by atoms with Crippen LogP contribution in [0.2, 0.25) is 0 Å². The molecule has 1 aromatic carbocycles. The number of amides is 3. The molecule has 0 bridgehead atoms. The van der Waals surface area contributed by atoms with E-state index < -0.39 is 41.6 Å². The molecule has 9 nitrogen and oxygen atoms in total. The number of benzene rings is 1. The third kappa shape index (κ3) is 9.58. The number of likely N-dealkylation sites (N-methyl/N-ethyl adjacent to an activating group) is 1. The maximum absolute atomic E-state index is 13.6. The SMILES string of the molecule is CCOC(=O)CCNC(=O)C(c1cc(C)ccc1C)N(C)C(=O)C(NC(=O)OC(C)(C)C)C(C)C. The van der Waals surface area contributed by atoms with Gasteiger partial charge in [0.25, 0.3) is 0 Å². The van der Waals surface area contributed by atoms with E-state index in [9.17, 15) is 19.2 Å². The molecule has 2 N–H and O–H groups in total. The number of nitrogens with one attached hydrogen (secondary N) is 2. The second kappa shape index (κ2) is 13.1. The standard InChI is InChI=1S/C26H41N3O6/c1-10-34-20(30)13-14-27-23(31)22(19-15-17(4)11-12-18(19)5)29(9)24(32)21(16(2)3)28-25(33)35-26(6,7)8/h11-12,15-16,21-22H,10,13-14H2,1-9H3,(H,27,31)(H,28,33). The topological polar surface area (TPSA) is 114 Å². The van der Waals surface area contributed by atoms with Crippen LogP contribution in [0.25, 0.3) is 0 Å². The predicted molar refractivity (Wildman–Crippen MR) is 134 cm³/mol. The van der Waals surface area contributed by atoms with E-state index in [4.69, 9.17) is 9.47 Å². The molecule has 0 fully saturated rings. The van der Waals surface area contributed by atoms with Gasteiger partial charge in [-0.2, -0.15) is 0 Å². The summed E-state index contributed by atoms with van der Waals surface area (Å²) in [6.07, 6.45) is -0.689. The highest BCUT2D eigenvalue weighted by atomic mass is 16.6. The number of aryl methyl sites for hydroxylation is 2. The first kappa shape index (κ1) is 29.9. The van der Waals surface area contributed by atoms with Gasteiger partial charge in [0.2, 0.25) is 11.8 Å². The van der Waals surface area contributed by atoms with E-state index in [0.717, 1.165) is 11.1 Å². The maximum Gasteiger partial charge on any atom is 0.408 e. The minimum absolute atomic E-state index is 0.0194. The van der Waals surface area contributed by atoms with Gasteiger partial charge in [0.1, 0.15) is 17.7 Å². The molecule has 3 amide bonds. The molecule has 196 valence electrons. The number of nitrogens with zero attached hydrogens (tertiary/aromatic N) is 1. The van der Waals surface area contributed by atoms with Gasteiger partial charge < -0.3 is 25.0 Å². The number of ether oxygens (including phenoxy) is 2. The lowest BCUT2D eigenvalue weighted by Crippen LogP contribution is -2.53. The molecule has 0 heterocycles. The van der Waals surface area contributed by atoms with Gasteiger partial charge in [-0.1, -0.05) is 37.6 Å². The van der Waals surface area contributed by atoms with Crippen molar-refractivity contribution in [2.24, 2.45) is 5.92 Å². The van der Waals surface area contributed by atoms with E-state index in [2.05, 4.69) is 10.6 Å². The Hall–Kier alpha value is -3.10. The van der Waals surface area contributed by atoms with Crippen LogP contribution in [0.5, 0.6) is 0 Å². The molecular formula is C26H41N3O6. The van der Waals surface area contributed by atoms with Crippen LogP contribution >= 0.6 is 0 Å². The molecule has 2 unspecified atom stereocenters. The molecule has 0 aliphatic rings. The number of hydrogen-bond donors (Lipinski definition) is 2. The Morgan fingerprint density at radius 1 is 1.09 bits per heavy atom. The lowest BCUT2D eigenvalue weighted by atomic mass is 9.95. The first-order chi connectivity index (χ1) is 16.2. The minimum atomic E-state index is -0.966. The van der Waals surface area contributed by atoms with Crippen LogP contribution in [0.15, 0.2) is 18.2 Å². The zero-order valence-electron chi connectivity index (χ0n) is 22.5. The zero-order valence-corrected chi connectivity index (χ0v) is 22.5. The molecule has 2 atom stereocenters. The van der Waals surface area contributed by atoms with Gasteiger partial charge in [0.05, 0.1) is 13.0 Å². The highest BCUT2D eigenvalue weighted by molar-refractivity contribution is 5.92. The summed E-state index contributed by atoms with van der Waals surface area (Å²) in [5.41, 5.74) is 1.71. The van der Waals surface area contributed by atoms with Crippen LogP contribution < -0.4 is 10.6 Å². The van der Waals surface area contributed by atoms with Gasteiger partial charge >= 0.3 is 12.1 Å². The van der Waals surface area contributed by atoms with E-state index in [1.165, 1.54) is 11.9 Å². The molecule has 1 aromatic rings. The normalized spacial score (nSPS) is 13.0. The van der Waals surface area contributed by atoms with Crippen molar-refractivity contribution >= 4 is 23.9 Å². The fraction of sp³-hybridized carbons (Fsp3) is 0.615. The molecule has 0 aliphatic carbocycles. The lowest BCUT2D eigenvalue weighted by molar-refractivity contribution is -0.144. The average Bonchev–Trinajstić information content (AvgIpc) is 2.72. The Morgan fingerprint density at radius 2 is 1.71 bits per heavy atom. The Kier molecular flexibility index (Phi) is 11.2. The van der Waals surface area contributed by atoms with Gasteiger partial charge in [-0.05, 0) is 58.6 Å². The fourth-order valence-corrected chi connectivity index (χ4v) is 3.49. The van der Waals surface area contributed by atoms with E-state index >= 15 is 0 Å². The maximum atomic E-state index is 13.6. The second-order valence-corrected chi connectivity index (χ2v) is 9.93. The quantitative estimate of drug-likeness (QED) is 0.485. The van der Waals surface area contributed by atoms with E-state index in [1.54, 1.807) is 41.5 Å². The number of hydrogen-bond acceptors (Lipinski definition) is 6. The highest BCUT2D eigenvalue weighted by Crippen LogP contribution is 2.26. The largest absolute Gasteiger partial charge is 0.466 e. The van der Waals surface area contributed by atoms with E-state index in [1.807, 2.05) is 32.0 Å². The minimum Gasteiger partial charge on any atom is -0.466 e. The van der Waals surface area contributed by atoms with E-state index in [-0.39, 0.29) is 25.5 Å². The van der Waals surface area contributed by atoms with E-state index in [0.29, 0.717) is 5.56 Å². The summed E-state index contributed by atoms with van der Waals surface area (Å²) in [7, 11) is 1.53. The van der Waals surface area contributed by atoms with Crippen LogP contribution in [0, 0.1) is 19.8 Å². The average molecular weight is 492 g/mol. The summed E-state index contributed by atoms with van der Waals surface area (Å²) in [4.78, 5) is 52.3. The Balaban J connectivity index is 3.23. The molecule has 1 rings (SSSR count). The van der Waals surface area contributed by atoms with Gasteiger partial charge in [0.15, 0.2) is 0 Å². The first-order valence-corrected chi connectivity index (χ1v) is 11.9. The molecular weight excluding hydrogens is 450 g/mol. The van der Waals surface area contributed by atoms with Gasteiger partial charge in [0, 0.05) is 13.6 Å². The fourth-order valence-electron chi connectivity index (χ4n) is 3.49. The number of rotatable bonds is 10. The Bertz CT molecular complexity index is 907. The van der Waals surface area contributed by atoms with Crippen molar-refractivity contribution in [2.75, 3.05) is 20.2 Å². The number of carbonyl (C=O) groups is 4. The molecule has 9 heteroatoms. The van der Waals surface area contributed by atoms with Crippen LogP contribution in [-0.2, 0) is 23.9 Å². The van der Waals surface area contributed by atoms with Gasteiger partial charge in [-0.25, -0.2) is 4.79 Å².